The van der Waals surface area contributed by atoms with Gasteiger partial charge in [0, 0.05) is 23.0 Å². The quantitative estimate of drug-likeness (QED) is 0.791. The van der Waals surface area contributed by atoms with Crippen molar-refractivity contribution in [3.63, 3.8) is 0 Å². The highest BCUT2D eigenvalue weighted by atomic mass is 32.1. The zero-order valence-corrected chi connectivity index (χ0v) is 12.7. The number of thiazole rings is 1. The molecule has 0 fully saturated rings. The van der Waals surface area contributed by atoms with E-state index in [1.165, 1.54) is 10.4 Å². The van der Waals surface area contributed by atoms with E-state index in [9.17, 15) is 5.11 Å². The Kier molecular flexibility index (Phi) is 2.83. The van der Waals surface area contributed by atoms with Crippen molar-refractivity contribution in [2.45, 2.75) is 26.0 Å². The number of aliphatic hydroxyl groups is 1. The third-order valence-corrected chi connectivity index (χ3v) is 5.79. The predicted molar refractivity (Wildman–Crippen MR) is 82.8 cm³/mol. The number of hydrogen-bond donors (Lipinski definition) is 1. The second kappa shape index (κ2) is 4.58. The van der Waals surface area contributed by atoms with Gasteiger partial charge in [0.1, 0.15) is 0 Å². The van der Waals surface area contributed by atoms with E-state index < -0.39 is 0 Å². The molecule has 0 aromatic carbocycles. The van der Waals surface area contributed by atoms with E-state index in [4.69, 9.17) is 4.98 Å². The number of fused-ring (bicyclic) bond motifs is 2. The number of hydrogen-bond acceptors (Lipinski definition) is 5. The first-order valence-corrected chi connectivity index (χ1v) is 8.43. The maximum atomic E-state index is 9.72. The van der Waals surface area contributed by atoms with E-state index in [0.29, 0.717) is 6.04 Å². The van der Waals surface area contributed by atoms with Crippen LogP contribution in [0, 0.1) is 0 Å². The third kappa shape index (κ3) is 1.65. The Morgan fingerprint density at radius 3 is 3.15 bits per heavy atom. The van der Waals surface area contributed by atoms with Crippen LogP contribution in [0.3, 0.4) is 0 Å². The van der Waals surface area contributed by atoms with Crippen LogP contribution in [0.5, 0.6) is 0 Å². The summed E-state index contributed by atoms with van der Waals surface area (Å²) in [6.07, 6.45) is 3.04. The zero-order chi connectivity index (χ0) is 13.7. The largest absolute Gasteiger partial charge is 0.390 e. The van der Waals surface area contributed by atoms with Crippen molar-refractivity contribution in [3.05, 3.63) is 39.2 Å². The molecule has 4 nitrogen and oxygen atoms in total. The summed E-state index contributed by atoms with van der Waals surface area (Å²) in [6.45, 7) is 3.21. The van der Waals surface area contributed by atoms with Crippen molar-refractivity contribution in [2.75, 3.05) is 11.4 Å². The molecule has 0 spiro atoms. The van der Waals surface area contributed by atoms with Crippen molar-refractivity contribution in [2.24, 2.45) is 0 Å². The first-order valence-electron chi connectivity index (χ1n) is 6.68. The lowest BCUT2D eigenvalue weighted by Gasteiger charge is -2.34. The molecule has 0 bridgehead atoms. The molecule has 0 saturated heterocycles. The van der Waals surface area contributed by atoms with Crippen LogP contribution in [0.4, 0.5) is 5.82 Å². The monoisotopic (exact) mass is 305 g/mol. The zero-order valence-electron chi connectivity index (χ0n) is 11.1. The minimum absolute atomic E-state index is 0.0208. The fourth-order valence-corrected chi connectivity index (χ4v) is 4.69. The van der Waals surface area contributed by atoms with Gasteiger partial charge in [0.2, 0.25) is 0 Å². The third-order valence-electron chi connectivity index (χ3n) is 4.04. The molecule has 1 N–H and O–H groups in total. The average Bonchev–Trinajstić information content (AvgIpc) is 3.13. The van der Waals surface area contributed by atoms with Crippen LogP contribution in [0.2, 0.25) is 0 Å². The van der Waals surface area contributed by atoms with Gasteiger partial charge in [0.25, 0.3) is 0 Å². The van der Waals surface area contributed by atoms with Gasteiger partial charge in [-0.25, -0.2) is 4.98 Å². The summed E-state index contributed by atoms with van der Waals surface area (Å²) in [5.41, 5.74) is 2.30. The summed E-state index contributed by atoms with van der Waals surface area (Å²) in [6, 6.07) is 2.54. The van der Waals surface area contributed by atoms with Gasteiger partial charge in [0.15, 0.2) is 10.8 Å². The SMILES string of the molecule is CC1c2ccsc2CCN1c1nc2sccn2c1CO. The lowest BCUT2D eigenvalue weighted by molar-refractivity contribution is 0.276. The normalized spacial score (nSPS) is 18.7. The molecule has 1 atom stereocenters. The van der Waals surface area contributed by atoms with Gasteiger partial charge < -0.3 is 10.0 Å². The molecule has 4 heterocycles. The highest BCUT2D eigenvalue weighted by molar-refractivity contribution is 7.15. The smallest absolute Gasteiger partial charge is 0.195 e. The van der Waals surface area contributed by atoms with Crippen molar-refractivity contribution in [1.29, 1.82) is 0 Å². The molecule has 1 aliphatic rings. The molecule has 6 heteroatoms. The molecule has 0 aliphatic carbocycles. The minimum Gasteiger partial charge on any atom is -0.390 e. The molecular formula is C14H15N3OS2. The molecular weight excluding hydrogens is 290 g/mol. The molecule has 1 aliphatic heterocycles. The Morgan fingerprint density at radius 1 is 1.40 bits per heavy atom. The van der Waals surface area contributed by atoms with Crippen molar-refractivity contribution in [1.82, 2.24) is 9.38 Å². The lowest BCUT2D eigenvalue weighted by atomic mass is 10.0. The summed E-state index contributed by atoms with van der Waals surface area (Å²) >= 11 is 3.45. The highest BCUT2D eigenvalue weighted by Crippen LogP contribution is 2.37. The first kappa shape index (κ1) is 12.4. The maximum Gasteiger partial charge on any atom is 0.195 e. The van der Waals surface area contributed by atoms with E-state index >= 15 is 0 Å². The van der Waals surface area contributed by atoms with Crippen LogP contribution >= 0.6 is 22.7 Å². The predicted octanol–water partition coefficient (Wildman–Crippen LogP) is 3.07. The number of rotatable bonds is 2. The molecule has 1 unspecified atom stereocenters. The second-order valence-electron chi connectivity index (χ2n) is 5.01. The number of anilines is 1. The summed E-state index contributed by atoms with van der Waals surface area (Å²) in [7, 11) is 0. The van der Waals surface area contributed by atoms with Crippen LogP contribution < -0.4 is 4.90 Å². The van der Waals surface area contributed by atoms with Crippen molar-refractivity contribution >= 4 is 33.5 Å². The number of aliphatic hydroxyl groups excluding tert-OH is 1. The van der Waals surface area contributed by atoms with Gasteiger partial charge in [-0.15, -0.1) is 22.7 Å². The van der Waals surface area contributed by atoms with Gasteiger partial charge in [-0.1, -0.05) is 0 Å². The number of aromatic nitrogens is 2. The van der Waals surface area contributed by atoms with Crippen molar-refractivity contribution < 1.29 is 5.11 Å². The maximum absolute atomic E-state index is 9.72. The van der Waals surface area contributed by atoms with Gasteiger partial charge in [-0.2, -0.15) is 0 Å². The minimum atomic E-state index is 0.0208. The lowest BCUT2D eigenvalue weighted by Crippen LogP contribution is -2.34. The summed E-state index contributed by atoms with van der Waals surface area (Å²) in [5, 5.41) is 13.9. The van der Waals surface area contributed by atoms with E-state index in [0.717, 1.165) is 29.4 Å². The Morgan fingerprint density at radius 2 is 2.30 bits per heavy atom. The summed E-state index contributed by atoms with van der Waals surface area (Å²) < 4.78 is 2.00. The van der Waals surface area contributed by atoms with Gasteiger partial charge in [0.05, 0.1) is 18.3 Å². The Hall–Kier alpha value is -1.37. The van der Waals surface area contributed by atoms with E-state index in [2.05, 4.69) is 23.3 Å². The Labute approximate surface area is 124 Å². The summed E-state index contributed by atoms with van der Waals surface area (Å²) in [5.74, 6) is 0.934. The molecule has 0 amide bonds. The van der Waals surface area contributed by atoms with E-state index in [-0.39, 0.29) is 6.61 Å². The Balaban J connectivity index is 1.82. The standard InChI is InChI=1S/C14H15N3OS2/c1-9-10-3-6-19-12(10)2-4-16(9)13-11(8-18)17-5-7-20-14(17)15-13/h3,5-7,9,18H,2,4,8H2,1H3. The number of imidazole rings is 1. The molecule has 104 valence electrons. The molecule has 4 rings (SSSR count). The Bertz CT molecular complexity index is 757. The topological polar surface area (TPSA) is 40.8 Å². The molecule has 3 aromatic heterocycles. The van der Waals surface area contributed by atoms with E-state index in [1.807, 2.05) is 27.3 Å². The molecule has 0 saturated carbocycles. The highest BCUT2D eigenvalue weighted by Gasteiger charge is 2.28. The van der Waals surface area contributed by atoms with Crippen LogP contribution in [0.25, 0.3) is 4.96 Å². The second-order valence-corrected chi connectivity index (χ2v) is 6.89. The van der Waals surface area contributed by atoms with E-state index in [1.54, 1.807) is 11.3 Å². The van der Waals surface area contributed by atoms with Crippen LogP contribution in [0.15, 0.2) is 23.0 Å². The van der Waals surface area contributed by atoms with Crippen LogP contribution in [0.1, 0.15) is 29.1 Å². The van der Waals surface area contributed by atoms with Gasteiger partial charge in [-0.05, 0) is 30.4 Å². The molecule has 3 aromatic rings. The summed E-state index contributed by atoms with van der Waals surface area (Å²) in [4.78, 5) is 9.48. The van der Waals surface area contributed by atoms with Gasteiger partial charge >= 0.3 is 0 Å². The number of nitrogens with zero attached hydrogens (tertiary/aromatic N) is 3. The molecule has 20 heavy (non-hydrogen) atoms. The van der Waals surface area contributed by atoms with Crippen molar-refractivity contribution in [3.8, 4) is 0 Å². The molecule has 0 radical (unpaired) electrons. The average molecular weight is 305 g/mol. The fourth-order valence-electron chi connectivity index (χ4n) is 3.00. The fraction of sp³-hybridized carbons (Fsp3) is 0.357. The van der Waals surface area contributed by atoms with Crippen LogP contribution in [-0.4, -0.2) is 21.0 Å². The number of thiophene rings is 1. The first-order chi connectivity index (χ1) is 9.79. The van der Waals surface area contributed by atoms with Gasteiger partial charge in [-0.3, -0.25) is 4.40 Å². The van der Waals surface area contributed by atoms with Crippen LogP contribution in [-0.2, 0) is 13.0 Å².